The number of ether oxygens (including phenoxy) is 3. The number of nitro benzene ring substituents is 1. The molecule has 0 bridgehead atoms. The number of benzene rings is 4. The normalized spacial score (nSPS) is 10.7. The van der Waals surface area contributed by atoms with E-state index in [0.29, 0.717) is 6.20 Å². The van der Waals surface area contributed by atoms with Crippen molar-refractivity contribution in [2.24, 2.45) is 0 Å². The first-order chi connectivity index (χ1) is 18.5. The van der Waals surface area contributed by atoms with Crippen LogP contribution in [0.25, 0.3) is 6.08 Å². The van der Waals surface area contributed by atoms with E-state index >= 15 is 0 Å². The summed E-state index contributed by atoms with van der Waals surface area (Å²) < 4.78 is 17.9. The van der Waals surface area contributed by atoms with Gasteiger partial charge in [0.15, 0.2) is 11.5 Å². The van der Waals surface area contributed by atoms with Crippen molar-refractivity contribution in [1.82, 2.24) is 0 Å². The molecule has 0 unspecified atom stereocenters. The topological polar surface area (TPSA) is 114 Å². The summed E-state index contributed by atoms with van der Waals surface area (Å²) in [4.78, 5) is 22.1. The van der Waals surface area contributed by atoms with E-state index in [1.54, 1.807) is 0 Å². The highest BCUT2D eigenvalue weighted by atomic mass is 16.6. The van der Waals surface area contributed by atoms with Gasteiger partial charge in [-0.05, 0) is 16.7 Å². The van der Waals surface area contributed by atoms with E-state index < -0.39 is 15.5 Å². The fourth-order valence-corrected chi connectivity index (χ4v) is 3.67. The Morgan fingerprint density at radius 2 is 1.08 bits per heavy atom. The molecule has 0 spiro atoms. The lowest BCUT2D eigenvalue weighted by molar-refractivity contribution is -0.401. The molecule has 0 aromatic heterocycles. The zero-order valence-electron chi connectivity index (χ0n) is 20.3. The second-order valence-electron chi connectivity index (χ2n) is 8.15. The van der Waals surface area contributed by atoms with Gasteiger partial charge in [0, 0.05) is 12.1 Å². The van der Waals surface area contributed by atoms with E-state index in [0.717, 1.165) is 22.8 Å². The van der Waals surface area contributed by atoms with Crippen LogP contribution in [0.4, 0.5) is 5.69 Å². The molecule has 0 amide bonds. The molecule has 0 fully saturated rings. The first kappa shape index (κ1) is 25.9. The van der Waals surface area contributed by atoms with Crippen molar-refractivity contribution in [2.75, 3.05) is 0 Å². The van der Waals surface area contributed by atoms with Gasteiger partial charge in [-0.15, -0.1) is 0 Å². The molecule has 4 aromatic carbocycles. The number of hydrogen-bond donors (Lipinski definition) is 0. The third kappa shape index (κ3) is 6.94. The van der Waals surface area contributed by atoms with Crippen LogP contribution >= 0.6 is 0 Å². The Morgan fingerprint density at radius 1 is 0.632 bits per heavy atom. The molecule has 4 rings (SSSR count). The Kier molecular flexibility index (Phi) is 8.64. The molecule has 9 heteroatoms. The monoisotopic (exact) mass is 512 g/mol. The average molecular weight is 513 g/mol. The van der Waals surface area contributed by atoms with Gasteiger partial charge in [-0.1, -0.05) is 91.0 Å². The summed E-state index contributed by atoms with van der Waals surface area (Å²) in [5.41, 5.74) is 1.86. The van der Waals surface area contributed by atoms with Crippen molar-refractivity contribution in [3.63, 3.8) is 0 Å². The molecule has 0 saturated heterocycles. The minimum Gasteiger partial charge on any atom is -0.485 e. The predicted molar refractivity (Wildman–Crippen MR) is 141 cm³/mol. The largest absolute Gasteiger partial charge is 0.485 e. The molecule has 0 N–H and O–H groups in total. The van der Waals surface area contributed by atoms with Crippen LogP contribution in [0.5, 0.6) is 17.2 Å². The molecule has 0 aliphatic heterocycles. The predicted octanol–water partition coefficient (Wildman–Crippen LogP) is 6.58. The smallest absolute Gasteiger partial charge is 0.322 e. The Morgan fingerprint density at radius 3 is 1.53 bits per heavy atom. The maximum absolute atomic E-state index is 12.2. The molecule has 0 aliphatic carbocycles. The van der Waals surface area contributed by atoms with E-state index in [-0.39, 0.29) is 42.6 Å². The lowest BCUT2D eigenvalue weighted by Crippen LogP contribution is -2.07. The van der Waals surface area contributed by atoms with Crippen LogP contribution in [-0.4, -0.2) is 9.85 Å². The minimum absolute atomic E-state index is 0.00152. The Balaban J connectivity index is 1.80. The Hall–Kier alpha value is -5.18. The highest BCUT2D eigenvalue weighted by molar-refractivity contribution is 5.76. The fraction of sp³-hybridized carbons (Fsp3) is 0.103. The highest BCUT2D eigenvalue weighted by Gasteiger charge is 2.29. The third-order valence-corrected chi connectivity index (χ3v) is 5.46. The number of nitro groups is 2. The second kappa shape index (κ2) is 12.7. The van der Waals surface area contributed by atoms with Gasteiger partial charge < -0.3 is 14.2 Å². The number of rotatable bonds is 12. The maximum atomic E-state index is 12.2. The second-order valence-corrected chi connectivity index (χ2v) is 8.15. The van der Waals surface area contributed by atoms with Gasteiger partial charge in [-0.25, -0.2) is 0 Å². The SMILES string of the molecule is O=[N+]([O-])/C=C/c1c(OCc2ccccc2)c(OCc2ccccc2)cc(OCc2ccccc2)c1[N+](=O)[O-]. The van der Waals surface area contributed by atoms with Crippen LogP contribution in [-0.2, 0) is 19.8 Å². The average Bonchev–Trinajstić information content (AvgIpc) is 2.94. The standard InChI is InChI=1S/C29H24N2O7/c32-30(33)17-16-25-28(31(34)35)26(36-19-22-10-4-1-5-11-22)18-27(37-20-23-12-6-2-7-13-23)29(25)38-21-24-14-8-3-9-15-24/h1-18H,19-21H2/b17-16+. The van der Waals surface area contributed by atoms with Crippen molar-refractivity contribution in [3.05, 3.63) is 146 Å². The molecule has 0 aliphatic rings. The van der Waals surface area contributed by atoms with Crippen LogP contribution in [0.1, 0.15) is 22.3 Å². The molecule has 0 radical (unpaired) electrons. The molecular weight excluding hydrogens is 488 g/mol. The van der Waals surface area contributed by atoms with E-state index in [9.17, 15) is 20.2 Å². The zero-order valence-corrected chi connectivity index (χ0v) is 20.3. The number of nitrogens with zero attached hydrogens (tertiary/aromatic N) is 2. The first-order valence-corrected chi connectivity index (χ1v) is 11.7. The van der Waals surface area contributed by atoms with Crippen molar-refractivity contribution in [3.8, 4) is 17.2 Å². The fourth-order valence-electron chi connectivity index (χ4n) is 3.67. The van der Waals surface area contributed by atoms with E-state index in [4.69, 9.17) is 14.2 Å². The highest BCUT2D eigenvalue weighted by Crippen LogP contribution is 2.46. The molecule has 4 aromatic rings. The Bertz CT molecular complexity index is 1410. The molecule has 9 nitrogen and oxygen atoms in total. The van der Waals surface area contributed by atoms with Gasteiger partial charge in [0.25, 0.3) is 0 Å². The van der Waals surface area contributed by atoms with Crippen molar-refractivity contribution in [1.29, 1.82) is 0 Å². The van der Waals surface area contributed by atoms with E-state index in [1.807, 2.05) is 91.0 Å². The lowest BCUT2D eigenvalue weighted by Gasteiger charge is -2.18. The van der Waals surface area contributed by atoms with E-state index in [1.165, 1.54) is 6.07 Å². The van der Waals surface area contributed by atoms with Crippen molar-refractivity contribution >= 4 is 11.8 Å². The van der Waals surface area contributed by atoms with Gasteiger partial charge in [-0.2, -0.15) is 0 Å². The summed E-state index contributed by atoms with van der Waals surface area (Å²) in [6, 6.07) is 29.1. The summed E-state index contributed by atoms with van der Waals surface area (Å²) >= 11 is 0. The van der Waals surface area contributed by atoms with Gasteiger partial charge in [-0.3, -0.25) is 20.2 Å². The summed E-state index contributed by atoms with van der Waals surface area (Å²) in [7, 11) is 0. The number of hydrogen-bond acceptors (Lipinski definition) is 7. The van der Waals surface area contributed by atoms with Crippen LogP contribution in [0, 0.1) is 20.2 Å². The summed E-state index contributed by atoms with van der Waals surface area (Å²) in [5, 5.41) is 23.4. The van der Waals surface area contributed by atoms with Crippen molar-refractivity contribution < 1.29 is 24.1 Å². The molecule has 38 heavy (non-hydrogen) atoms. The van der Waals surface area contributed by atoms with Crippen LogP contribution in [0.2, 0.25) is 0 Å². The quantitative estimate of drug-likeness (QED) is 0.156. The van der Waals surface area contributed by atoms with Gasteiger partial charge >= 0.3 is 5.69 Å². The zero-order chi connectivity index (χ0) is 26.7. The maximum Gasteiger partial charge on any atom is 0.322 e. The van der Waals surface area contributed by atoms with Gasteiger partial charge in [0.1, 0.15) is 25.4 Å². The summed E-state index contributed by atoms with van der Waals surface area (Å²) in [6.07, 6.45) is 1.66. The third-order valence-electron chi connectivity index (χ3n) is 5.46. The summed E-state index contributed by atoms with van der Waals surface area (Å²) in [6.45, 7) is 0.239. The molecule has 192 valence electrons. The van der Waals surface area contributed by atoms with Crippen LogP contribution < -0.4 is 14.2 Å². The summed E-state index contributed by atoms with van der Waals surface area (Å²) in [5.74, 6) is 0.0556. The molecular formula is C29H24N2O7. The minimum atomic E-state index is -0.702. The molecule has 0 atom stereocenters. The van der Waals surface area contributed by atoms with Crippen LogP contribution in [0.3, 0.4) is 0 Å². The lowest BCUT2D eigenvalue weighted by atomic mass is 10.1. The molecule has 0 saturated carbocycles. The van der Waals surface area contributed by atoms with E-state index in [2.05, 4.69) is 0 Å². The Labute approximate surface area is 218 Å². The van der Waals surface area contributed by atoms with Crippen molar-refractivity contribution in [2.45, 2.75) is 19.8 Å². The van der Waals surface area contributed by atoms with Gasteiger partial charge in [0.2, 0.25) is 11.9 Å². The molecule has 0 heterocycles. The first-order valence-electron chi connectivity index (χ1n) is 11.7. The van der Waals surface area contributed by atoms with Gasteiger partial charge in [0.05, 0.1) is 9.85 Å². The van der Waals surface area contributed by atoms with Crippen LogP contribution in [0.15, 0.2) is 103 Å².